The molecule has 0 spiro atoms. The molecule has 4 nitrogen and oxygen atoms in total. The number of unbranched alkanes of at least 4 members (excludes halogenated alkanes) is 1. The SMILES string of the molecule is CCCCNC(=O)c1cn(C)cn1. The summed E-state index contributed by atoms with van der Waals surface area (Å²) in [5, 5.41) is 2.80. The van der Waals surface area contributed by atoms with Crippen molar-refractivity contribution in [3.05, 3.63) is 18.2 Å². The molecule has 0 aliphatic heterocycles. The number of carbonyl (C=O) groups excluding carboxylic acids is 1. The van der Waals surface area contributed by atoms with E-state index in [1.165, 1.54) is 0 Å². The van der Waals surface area contributed by atoms with Gasteiger partial charge < -0.3 is 9.88 Å². The van der Waals surface area contributed by atoms with Crippen LogP contribution in [0.4, 0.5) is 0 Å². The summed E-state index contributed by atoms with van der Waals surface area (Å²) in [4.78, 5) is 15.3. The standard InChI is InChI=1S/C9H15N3O/c1-3-4-5-10-9(13)8-6-12(2)7-11-8/h6-7H,3-5H2,1-2H3,(H,10,13). The number of amides is 1. The lowest BCUT2D eigenvalue weighted by atomic mass is 10.3. The molecule has 1 amide bonds. The molecule has 0 atom stereocenters. The van der Waals surface area contributed by atoms with Gasteiger partial charge in [0.15, 0.2) is 0 Å². The molecule has 0 fully saturated rings. The van der Waals surface area contributed by atoms with E-state index in [9.17, 15) is 4.79 Å². The average Bonchev–Trinajstić information content (AvgIpc) is 2.52. The fourth-order valence-corrected chi connectivity index (χ4v) is 0.999. The van der Waals surface area contributed by atoms with Crippen LogP contribution in [-0.4, -0.2) is 22.0 Å². The first kappa shape index (κ1) is 9.77. The second-order valence-corrected chi connectivity index (χ2v) is 3.03. The lowest BCUT2D eigenvalue weighted by molar-refractivity contribution is 0.0948. The first-order chi connectivity index (χ1) is 6.24. The largest absolute Gasteiger partial charge is 0.351 e. The molecule has 0 aromatic carbocycles. The minimum absolute atomic E-state index is 0.0888. The minimum Gasteiger partial charge on any atom is -0.351 e. The topological polar surface area (TPSA) is 46.9 Å². The van der Waals surface area contributed by atoms with Gasteiger partial charge in [-0.2, -0.15) is 0 Å². The molecule has 0 saturated heterocycles. The van der Waals surface area contributed by atoms with Crippen LogP contribution in [0.5, 0.6) is 0 Å². The molecule has 0 unspecified atom stereocenters. The third-order valence-corrected chi connectivity index (χ3v) is 1.75. The Labute approximate surface area is 78.0 Å². The molecule has 72 valence electrons. The van der Waals surface area contributed by atoms with Crippen LogP contribution in [0.15, 0.2) is 12.5 Å². The molecule has 13 heavy (non-hydrogen) atoms. The van der Waals surface area contributed by atoms with Gasteiger partial charge >= 0.3 is 0 Å². The normalized spacial score (nSPS) is 10.0. The van der Waals surface area contributed by atoms with Crippen LogP contribution in [0.2, 0.25) is 0 Å². The van der Waals surface area contributed by atoms with Crippen LogP contribution in [-0.2, 0) is 7.05 Å². The minimum atomic E-state index is -0.0888. The summed E-state index contributed by atoms with van der Waals surface area (Å²) >= 11 is 0. The number of aryl methyl sites for hydroxylation is 1. The fraction of sp³-hybridized carbons (Fsp3) is 0.556. The van der Waals surface area contributed by atoms with E-state index in [1.807, 2.05) is 7.05 Å². The smallest absolute Gasteiger partial charge is 0.271 e. The van der Waals surface area contributed by atoms with E-state index in [2.05, 4.69) is 17.2 Å². The predicted octanol–water partition coefficient (Wildman–Crippen LogP) is 0.950. The molecule has 1 aromatic heterocycles. The number of imidazole rings is 1. The van der Waals surface area contributed by atoms with Crippen LogP contribution >= 0.6 is 0 Å². The highest BCUT2D eigenvalue weighted by atomic mass is 16.1. The molecule has 1 rings (SSSR count). The zero-order chi connectivity index (χ0) is 9.68. The first-order valence-corrected chi connectivity index (χ1v) is 4.50. The Hall–Kier alpha value is -1.32. The van der Waals surface area contributed by atoms with E-state index >= 15 is 0 Å². The third kappa shape index (κ3) is 2.89. The number of hydrogen-bond acceptors (Lipinski definition) is 2. The molecule has 0 aliphatic rings. The highest BCUT2D eigenvalue weighted by molar-refractivity contribution is 5.91. The van der Waals surface area contributed by atoms with Gasteiger partial charge in [0.2, 0.25) is 0 Å². The van der Waals surface area contributed by atoms with Gasteiger partial charge in [-0.3, -0.25) is 4.79 Å². The van der Waals surface area contributed by atoms with Gasteiger partial charge in [-0.15, -0.1) is 0 Å². The summed E-state index contributed by atoms with van der Waals surface area (Å²) in [5.41, 5.74) is 0.485. The van der Waals surface area contributed by atoms with Gasteiger partial charge in [-0.25, -0.2) is 4.98 Å². The Kier molecular flexibility index (Phi) is 3.49. The molecule has 0 aliphatic carbocycles. The highest BCUT2D eigenvalue weighted by Crippen LogP contribution is 1.93. The van der Waals surface area contributed by atoms with Crippen molar-refractivity contribution in [1.29, 1.82) is 0 Å². The van der Waals surface area contributed by atoms with Gasteiger partial charge in [0.25, 0.3) is 5.91 Å². The summed E-state index contributed by atoms with van der Waals surface area (Å²) < 4.78 is 1.76. The molecule has 0 saturated carbocycles. The first-order valence-electron chi connectivity index (χ1n) is 4.50. The van der Waals surface area contributed by atoms with Crippen LogP contribution in [0, 0.1) is 0 Å². The van der Waals surface area contributed by atoms with Crippen molar-refractivity contribution < 1.29 is 4.79 Å². The Balaban J connectivity index is 2.40. The molecule has 1 N–H and O–H groups in total. The lowest BCUT2D eigenvalue weighted by Gasteiger charge is -2.00. The Morgan fingerprint density at radius 3 is 3.00 bits per heavy atom. The quantitative estimate of drug-likeness (QED) is 0.703. The zero-order valence-corrected chi connectivity index (χ0v) is 8.08. The van der Waals surface area contributed by atoms with E-state index in [4.69, 9.17) is 0 Å². The third-order valence-electron chi connectivity index (χ3n) is 1.75. The van der Waals surface area contributed by atoms with Crippen molar-refractivity contribution in [2.24, 2.45) is 7.05 Å². The number of aromatic nitrogens is 2. The van der Waals surface area contributed by atoms with Gasteiger partial charge in [0.05, 0.1) is 6.33 Å². The van der Waals surface area contributed by atoms with Crippen LogP contribution < -0.4 is 5.32 Å². The van der Waals surface area contributed by atoms with Crippen LogP contribution in [0.3, 0.4) is 0 Å². The van der Waals surface area contributed by atoms with Gasteiger partial charge in [-0.05, 0) is 6.42 Å². The Bertz CT molecular complexity index is 280. The van der Waals surface area contributed by atoms with Crippen molar-refractivity contribution in [2.45, 2.75) is 19.8 Å². The molecular formula is C9H15N3O. The van der Waals surface area contributed by atoms with Crippen LogP contribution in [0.25, 0.3) is 0 Å². The maximum absolute atomic E-state index is 11.3. The monoisotopic (exact) mass is 181 g/mol. The number of hydrogen-bond donors (Lipinski definition) is 1. The number of nitrogens with one attached hydrogen (secondary N) is 1. The second kappa shape index (κ2) is 4.64. The van der Waals surface area contributed by atoms with E-state index in [0.717, 1.165) is 19.4 Å². The zero-order valence-electron chi connectivity index (χ0n) is 8.08. The summed E-state index contributed by atoms with van der Waals surface area (Å²) in [5.74, 6) is -0.0888. The summed E-state index contributed by atoms with van der Waals surface area (Å²) in [6.07, 6.45) is 5.43. The van der Waals surface area contributed by atoms with E-state index in [1.54, 1.807) is 17.1 Å². The molecule has 1 heterocycles. The lowest BCUT2D eigenvalue weighted by Crippen LogP contribution is -2.24. The molecule has 1 aromatic rings. The van der Waals surface area contributed by atoms with Crippen molar-refractivity contribution in [1.82, 2.24) is 14.9 Å². The van der Waals surface area contributed by atoms with E-state index in [-0.39, 0.29) is 5.91 Å². The van der Waals surface area contributed by atoms with Gasteiger partial charge in [0.1, 0.15) is 5.69 Å². The van der Waals surface area contributed by atoms with Crippen LogP contribution in [0.1, 0.15) is 30.3 Å². The highest BCUT2D eigenvalue weighted by Gasteiger charge is 2.06. The molecule has 4 heteroatoms. The number of rotatable bonds is 4. The number of carbonyl (C=O) groups is 1. The van der Waals surface area contributed by atoms with Crippen molar-refractivity contribution in [3.8, 4) is 0 Å². The maximum atomic E-state index is 11.3. The fourth-order valence-electron chi connectivity index (χ4n) is 0.999. The second-order valence-electron chi connectivity index (χ2n) is 3.03. The van der Waals surface area contributed by atoms with Crippen molar-refractivity contribution in [2.75, 3.05) is 6.54 Å². The Morgan fingerprint density at radius 1 is 1.69 bits per heavy atom. The van der Waals surface area contributed by atoms with Crippen molar-refractivity contribution in [3.63, 3.8) is 0 Å². The van der Waals surface area contributed by atoms with E-state index in [0.29, 0.717) is 5.69 Å². The molecule has 0 bridgehead atoms. The molecular weight excluding hydrogens is 166 g/mol. The van der Waals surface area contributed by atoms with E-state index < -0.39 is 0 Å². The Morgan fingerprint density at radius 2 is 2.46 bits per heavy atom. The average molecular weight is 181 g/mol. The van der Waals surface area contributed by atoms with Crippen molar-refractivity contribution >= 4 is 5.91 Å². The van der Waals surface area contributed by atoms with Gasteiger partial charge in [0, 0.05) is 19.8 Å². The predicted molar refractivity (Wildman–Crippen MR) is 50.4 cm³/mol. The summed E-state index contributed by atoms with van der Waals surface area (Å²) in [6.45, 7) is 2.82. The molecule has 0 radical (unpaired) electrons. The number of nitrogens with zero attached hydrogens (tertiary/aromatic N) is 2. The summed E-state index contributed by atoms with van der Waals surface area (Å²) in [7, 11) is 1.84. The maximum Gasteiger partial charge on any atom is 0.271 e. The summed E-state index contributed by atoms with van der Waals surface area (Å²) in [6, 6.07) is 0. The van der Waals surface area contributed by atoms with Gasteiger partial charge in [-0.1, -0.05) is 13.3 Å².